The summed E-state index contributed by atoms with van der Waals surface area (Å²) in [6, 6.07) is 11.1. The number of benzene rings is 2. The lowest BCUT2D eigenvalue weighted by Gasteiger charge is -2.33. The zero-order valence-electron chi connectivity index (χ0n) is 18.4. The van der Waals surface area contributed by atoms with Gasteiger partial charge in [-0.3, -0.25) is 13.9 Å². The van der Waals surface area contributed by atoms with Gasteiger partial charge in [-0.2, -0.15) is 0 Å². The molecule has 0 aliphatic heterocycles. The van der Waals surface area contributed by atoms with Crippen LogP contribution >= 0.6 is 23.2 Å². The Kier molecular flexibility index (Phi) is 8.95. The first kappa shape index (κ1) is 26.0. The van der Waals surface area contributed by atoms with Crippen LogP contribution in [0.2, 0.25) is 10.0 Å². The van der Waals surface area contributed by atoms with Crippen LogP contribution in [0.15, 0.2) is 42.5 Å². The standard InChI is InChI=1S/C22H27Cl2N3O4S/c1-5-20(22(29)25-3)26(13-16-9-7-6-8-15(16)2)21(28)14-27(32(4,30)31)19-11-17(23)10-18(24)12-19/h6-12,20H,5,13-14H2,1-4H3,(H,25,29)/t20-/m0/s1. The lowest BCUT2D eigenvalue weighted by atomic mass is 10.1. The maximum absolute atomic E-state index is 13.5. The fraction of sp³-hybridized carbons (Fsp3) is 0.364. The molecule has 2 aromatic rings. The molecule has 2 aromatic carbocycles. The monoisotopic (exact) mass is 499 g/mol. The van der Waals surface area contributed by atoms with Crippen LogP contribution in [-0.4, -0.2) is 51.0 Å². The van der Waals surface area contributed by atoms with Gasteiger partial charge in [0.1, 0.15) is 12.6 Å². The zero-order valence-corrected chi connectivity index (χ0v) is 20.8. The maximum atomic E-state index is 13.5. The third-order valence-corrected chi connectivity index (χ3v) is 6.63. The number of carbonyl (C=O) groups is 2. The Bertz CT molecular complexity index is 1070. The smallest absolute Gasteiger partial charge is 0.244 e. The Hall–Kier alpha value is -2.29. The Morgan fingerprint density at radius 3 is 2.19 bits per heavy atom. The van der Waals surface area contributed by atoms with Gasteiger partial charge in [-0.15, -0.1) is 0 Å². The van der Waals surface area contributed by atoms with Gasteiger partial charge in [0.25, 0.3) is 0 Å². The molecule has 0 aliphatic rings. The molecule has 0 saturated carbocycles. The molecule has 0 unspecified atom stereocenters. The summed E-state index contributed by atoms with van der Waals surface area (Å²) in [5.74, 6) is -0.851. The van der Waals surface area contributed by atoms with Gasteiger partial charge in [-0.25, -0.2) is 8.42 Å². The van der Waals surface area contributed by atoms with Gasteiger partial charge in [0.05, 0.1) is 11.9 Å². The van der Waals surface area contributed by atoms with Crippen LogP contribution < -0.4 is 9.62 Å². The molecule has 7 nitrogen and oxygen atoms in total. The number of aryl methyl sites for hydroxylation is 1. The maximum Gasteiger partial charge on any atom is 0.244 e. The van der Waals surface area contributed by atoms with Crippen molar-refractivity contribution in [2.75, 3.05) is 24.2 Å². The number of rotatable bonds is 9. The minimum atomic E-state index is -3.85. The van der Waals surface area contributed by atoms with Crippen LogP contribution in [0.1, 0.15) is 24.5 Å². The average Bonchev–Trinajstić information content (AvgIpc) is 2.71. The van der Waals surface area contributed by atoms with Gasteiger partial charge in [0, 0.05) is 23.6 Å². The second kappa shape index (κ2) is 11.0. The van der Waals surface area contributed by atoms with Crippen molar-refractivity contribution in [2.45, 2.75) is 32.9 Å². The Balaban J connectivity index is 2.48. The van der Waals surface area contributed by atoms with Crippen molar-refractivity contribution in [3.63, 3.8) is 0 Å². The van der Waals surface area contributed by atoms with Crippen LogP contribution in [-0.2, 0) is 26.2 Å². The van der Waals surface area contributed by atoms with Gasteiger partial charge in [-0.1, -0.05) is 54.4 Å². The molecular formula is C22H27Cl2N3O4S. The van der Waals surface area contributed by atoms with Crippen LogP contribution in [0.5, 0.6) is 0 Å². The fourth-order valence-corrected chi connectivity index (χ4v) is 4.70. The summed E-state index contributed by atoms with van der Waals surface area (Å²) in [7, 11) is -2.35. The minimum Gasteiger partial charge on any atom is -0.357 e. The molecule has 174 valence electrons. The second-order valence-electron chi connectivity index (χ2n) is 7.38. The molecule has 0 spiro atoms. The van der Waals surface area contributed by atoms with Crippen molar-refractivity contribution in [2.24, 2.45) is 0 Å². The van der Waals surface area contributed by atoms with Crippen LogP contribution in [0.25, 0.3) is 0 Å². The number of carbonyl (C=O) groups excluding carboxylic acids is 2. The van der Waals surface area contributed by atoms with E-state index < -0.39 is 28.5 Å². The lowest BCUT2D eigenvalue weighted by Crippen LogP contribution is -2.51. The molecule has 0 heterocycles. The van der Waals surface area contributed by atoms with Crippen LogP contribution in [0, 0.1) is 6.92 Å². The van der Waals surface area contributed by atoms with E-state index in [0.29, 0.717) is 6.42 Å². The number of sulfonamides is 1. The van der Waals surface area contributed by atoms with E-state index in [1.165, 1.54) is 30.1 Å². The molecular weight excluding hydrogens is 473 g/mol. The molecule has 1 atom stereocenters. The van der Waals surface area contributed by atoms with Gasteiger partial charge < -0.3 is 10.2 Å². The number of anilines is 1. The van der Waals surface area contributed by atoms with E-state index in [1.54, 1.807) is 6.92 Å². The minimum absolute atomic E-state index is 0.158. The summed E-state index contributed by atoms with van der Waals surface area (Å²) in [6.07, 6.45) is 1.36. The summed E-state index contributed by atoms with van der Waals surface area (Å²) in [6.45, 7) is 3.36. The first-order chi connectivity index (χ1) is 15.0. The molecule has 2 amide bonds. The van der Waals surface area contributed by atoms with Gasteiger partial charge in [0.15, 0.2) is 0 Å². The summed E-state index contributed by atoms with van der Waals surface area (Å²) in [5, 5.41) is 3.06. The van der Waals surface area contributed by atoms with E-state index in [9.17, 15) is 18.0 Å². The Morgan fingerprint density at radius 1 is 1.09 bits per heavy atom. The number of nitrogens with one attached hydrogen (secondary N) is 1. The lowest BCUT2D eigenvalue weighted by molar-refractivity contribution is -0.140. The molecule has 0 aliphatic carbocycles. The van der Waals surface area contributed by atoms with E-state index in [0.717, 1.165) is 21.7 Å². The highest BCUT2D eigenvalue weighted by Gasteiger charge is 2.31. The first-order valence-corrected chi connectivity index (χ1v) is 12.6. The predicted molar refractivity (Wildman–Crippen MR) is 129 cm³/mol. The number of likely N-dealkylation sites (N-methyl/N-ethyl adjacent to an activating group) is 1. The quantitative estimate of drug-likeness (QED) is 0.570. The summed E-state index contributed by atoms with van der Waals surface area (Å²) >= 11 is 12.1. The molecule has 0 fully saturated rings. The van der Waals surface area contributed by atoms with Crippen molar-refractivity contribution in [3.05, 3.63) is 63.6 Å². The largest absolute Gasteiger partial charge is 0.357 e. The number of hydrogen-bond donors (Lipinski definition) is 1. The molecule has 0 aromatic heterocycles. The third kappa shape index (κ3) is 6.60. The first-order valence-electron chi connectivity index (χ1n) is 9.97. The Labute approximate surface area is 199 Å². The average molecular weight is 500 g/mol. The number of halogens is 2. The van der Waals surface area contributed by atoms with E-state index in [1.807, 2.05) is 31.2 Å². The van der Waals surface area contributed by atoms with Gasteiger partial charge in [-0.05, 0) is 42.7 Å². The van der Waals surface area contributed by atoms with E-state index in [2.05, 4.69) is 5.32 Å². The van der Waals surface area contributed by atoms with Crippen molar-refractivity contribution in [1.82, 2.24) is 10.2 Å². The van der Waals surface area contributed by atoms with Crippen LogP contribution in [0.3, 0.4) is 0 Å². The number of nitrogens with zero attached hydrogens (tertiary/aromatic N) is 2. The van der Waals surface area contributed by atoms with Crippen molar-refractivity contribution in [3.8, 4) is 0 Å². The summed E-state index contributed by atoms with van der Waals surface area (Å²) in [5.41, 5.74) is 1.99. The normalized spacial score (nSPS) is 12.2. The van der Waals surface area contributed by atoms with Gasteiger partial charge in [0.2, 0.25) is 21.8 Å². The molecule has 0 bridgehead atoms. The Morgan fingerprint density at radius 2 is 1.69 bits per heavy atom. The third-order valence-electron chi connectivity index (χ3n) is 5.05. The molecule has 0 radical (unpaired) electrons. The molecule has 2 rings (SSSR count). The highest BCUT2D eigenvalue weighted by atomic mass is 35.5. The molecule has 0 saturated heterocycles. The summed E-state index contributed by atoms with van der Waals surface area (Å²) < 4.78 is 26.0. The SMILES string of the molecule is CC[C@@H](C(=O)NC)N(Cc1ccccc1C)C(=O)CN(c1cc(Cl)cc(Cl)c1)S(C)(=O)=O. The molecule has 1 N–H and O–H groups in total. The zero-order chi connectivity index (χ0) is 24.1. The fourth-order valence-electron chi connectivity index (χ4n) is 3.35. The predicted octanol–water partition coefficient (Wildman–Crippen LogP) is 3.62. The van der Waals surface area contributed by atoms with E-state index in [-0.39, 0.29) is 28.2 Å². The van der Waals surface area contributed by atoms with Crippen molar-refractivity contribution in [1.29, 1.82) is 0 Å². The van der Waals surface area contributed by atoms with Crippen LogP contribution in [0.4, 0.5) is 5.69 Å². The van der Waals surface area contributed by atoms with E-state index in [4.69, 9.17) is 23.2 Å². The van der Waals surface area contributed by atoms with Crippen molar-refractivity contribution < 1.29 is 18.0 Å². The van der Waals surface area contributed by atoms with Gasteiger partial charge >= 0.3 is 0 Å². The van der Waals surface area contributed by atoms with E-state index >= 15 is 0 Å². The molecule has 10 heteroatoms. The second-order valence-corrected chi connectivity index (χ2v) is 10.2. The summed E-state index contributed by atoms with van der Waals surface area (Å²) in [4.78, 5) is 27.4. The molecule has 32 heavy (non-hydrogen) atoms. The highest BCUT2D eigenvalue weighted by Crippen LogP contribution is 2.27. The number of amides is 2. The topological polar surface area (TPSA) is 86.8 Å². The highest BCUT2D eigenvalue weighted by molar-refractivity contribution is 7.92. The number of hydrogen-bond acceptors (Lipinski definition) is 4. The van der Waals surface area contributed by atoms with Crippen molar-refractivity contribution >= 4 is 50.7 Å².